The third-order valence-corrected chi connectivity index (χ3v) is 5.11. The van der Waals surface area contributed by atoms with Crippen LogP contribution < -0.4 is 11.1 Å². The van der Waals surface area contributed by atoms with Gasteiger partial charge >= 0.3 is 0 Å². The molecule has 6 heteroatoms. The summed E-state index contributed by atoms with van der Waals surface area (Å²) in [6.45, 7) is 0.480. The first-order valence-corrected chi connectivity index (χ1v) is 8.43. The number of nitrogens with two attached hydrogens (primary N) is 1. The minimum atomic E-state index is -0.215. The molecule has 1 saturated heterocycles. The first-order chi connectivity index (χ1) is 11.1. The first-order valence-electron chi connectivity index (χ1n) is 8.43. The van der Waals surface area contributed by atoms with Crippen molar-refractivity contribution in [2.24, 2.45) is 17.6 Å². The predicted molar refractivity (Wildman–Crippen MR) is 95.6 cm³/mol. The zero-order chi connectivity index (χ0) is 16.4. The van der Waals surface area contributed by atoms with Gasteiger partial charge in [-0.1, -0.05) is 30.3 Å². The molecule has 1 aliphatic carbocycles. The highest BCUT2D eigenvalue weighted by Gasteiger charge is 2.40. The third-order valence-electron chi connectivity index (χ3n) is 5.11. The van der Waals surface area contributed by atoms with E-state index in [0.717, 1.165) is 18.4 Å². The van der Waals surface area contributed by atoms with E-state index in [9.17, 15) is 9.59 Å². The molecule has 0 bridgehead atoms. The van der Waals surface area contributed by atoms with Gasteiger partial charge in [0.15, 0.2) is 0 Å². The van der Waals surface area contributed by atoms with Crippen molar-refractivity contribution >= 4 is 24.2 Å². The van der Waals surface area contributed by atoms with Crippen LogP contribution in [0.3, 0.4) is 0 Å². The van der Waals surface area contributed by atoms with Gasteiger partial charge in [-0.15, -0.1) is 12.4 Å². The molecule has 1 aromatic rings. The van der Waals surface area contributed by atoms with Crippen molar-refractivity contribution in [1.29, 1.82) is 0 Å². The van der Waals surface area contributed by atoms with Crippen LogP contribution in [0.2, 0.25) is 0 Å². The number of hydrogen-bond acceptors (Lipinski definition) is 3. The van der Waals surface area contributed by atoms with Crippen LogP contribution >= 0.6 is 12.4 Å². The van der Waals surface area contributed by atoms with Crippen molar-refractivity contribution < 1.29 is 9.59 Å². The van der Waals surface area contributed by atoms with Gasteiger partial charge < -0.3 is 16.0 Å². The predicted octanol–water partition coefficient (Wildman–Crippen LogP) is 1.87. The minimum Gasteiger partial charge on any atom is -0.352 e. The quantitative estimate of drug-likeness (QED) is 0.850. The number of benzene rings is 1. The van der Waals surface area contributed by atoms with Gasteiger partial charge in [-0.3, -0.25) is 9.59 Å². The van der Waals surface area contributed by atoms with Crippen molar-refractivity contribution in [1.82, 2.24) is 10.2 Å². The molecule has 1 aromatic carbocycles. The zero-order valence-electron chi connectivity index (χ0n) is 14.0. The largest absolute Gasteiger partial charge is 0.352 e. The molecule has 2 aliphatic rings. The topological polar surface area (TPSA) is 75.4 Å². The summed E-state index contributed by atoms with van der Waals surface area (Å²) >= 11 is 0. The summed E-state index contributed by atoms with van der Waals surface area (Å²) in [6, 6.07) is 9.69. The molecule has 0 spiro atoms. The lowest BCUT2D eigenvalue weighted by Gasteiger charge is -2.39. The van der Waals surface area contributed by atoms with E-state index in [-0.39, 0.29) is 42.2 Å². The molecular formula is C18H26ClN3O2. The van der Waals surface area contributed by atoms with Crippen LogP contribution in [-0.2, 0) is 9.59 Å². The third kappa shape index (κ3) is 3.90. The van der Waals surface area contributed by atoms with Crippen molar-refractivity contribution in [2.45, 2.75) is 37.8 Å². The molecule has 1 heterocycles. The second-order valence-corrected chi connectivity index (χ2v) is 6.69. The Morgan fingerprint density at radius 2 is 1.96 bits per heavy atom. The van der Waals surface area contributed by atoms with E-state index < -0.39 is 0 Å². The second kappa shape index (κ2) is 7.99. The number of hydrogen-bond donors (Lipinski definition) is 2. The fraction of sp³-hybridized carbons (Fsp3) is 0.556. The van der Waals surface area contributed by atoms with Gasteiger partial charge in [0.25, 0.3) is 0 Å². The molecule has 3 N–H and O–H groups in total. The molecule has 2 fully saturated rings. The maximum atomic E-state index is 12.8. The number of nitrogens with one attached hydrogen (secondary N) is 1. The van der Waals surface area contributed by atoms with Gasteiger partial charge in [0.05, 0.1) is 12.0 Å². The Labute approximate surface area is 149 Å². The molecule has 0 radical (unpaired) electrons. The molecule has 3 unspecified atom stereocenters. The van der Waals surface area contributed by atoms with Crippen LogP contribution in [0, 0.1) is 11.8 Å². The van der Waals surface area contributed by atoms with Crippen LogP contribution in [0.4, 0.5) is 0 Å². The number of carbonyl (C=O) groups is 2. The van der Waals surface area contributed by atoms with Crippen molar-refractivity contribution in [3.05, 3.63) is 35.9 Å². The van der Waals surface area contributed by atoms with Crippen LogP contribution in [0.5, 0.6) is 0 Å². The molecule has 3 atom stereocenters. The number of halogens is 1. The lowest BCUT2D eigenvalue weighted by atomic mass is 9.83. The highest BCUT2D eigenvalue weighted by atomic mass is 35.5. The van der Waals surface area contributed by atoms with Crippen LogP contribution in [0.25, 0.3) is 0 Å². The average molecular weight is 352 g/mol. The van der Waals surface area contributed by atoms with Crippen LogP contribution in [-0.4, -0.2) is 36.3 Å². The highest BCUT2D eigenvalue weighted by Crippen LogP contribution is 2.37. The Morgan fingerprint density at radius 3 is 2.54 bits per heavy atom. The van der Waals surface area contributed by atoms with E-state index in [2.05, 4.69) is 5.32 Å². The van der Waals surface area contributed by atoms with Gasteiger partial charge in [-0.2, -0.15) is 0 Å². The number of likely N-dealkylation sites (tertiary alicyclic amines) is 1. The number of piperidine rings is 1. The van der Waals surface area contributed by atoms with Crippen molar-refractivity contribution in [3.8, 4) is 0 Å². The number of rotatable bonds is 5. The molecule has 0 aromatic heterocycles. The van der Waals surface area contributed by atoms with Crippen LogP contribution in [0.1, 0.15) is 37.3 Å². The van der Waals surface area contributed by atoms with E-state index in [1.807, 2.05) is 30.3 Å². The van der Waals surface area contributed by atoms with Crippen LogP contribution in [0.15, 0.2) is 30.3 Å². The standard InChI is InChI=1S/C18H25N3O2.ClH/c1-21-16(22)10-9-14(17(21)13-5-3-2-4-6-13)18(23)20-15(11-19)12-7-8-12;/h2-6,12,14-15,17H,7-11,19H2,1H3,(H,20,23);1H. The van der Waals surface area contributed by atoms with Gasteiger partial charge in [-0.25, -0.2) is 0 Å². The summed E-state index contributed by atoms with van der Waals surface area (Å²) < 4.78 is 0. The second-order valence-electron chi connectivity index (χ2n) is 6.69. The minimum absolute atomic E-state index is 0. The summed E-state index contributed by atoms with van der Waals surface area (Å²) in [4.78, 5) is 26.7. The number of nitrogens with zero attached hydrogens (tertiary/aromatic N) is 1. The highest BCUT2D eigenvalue weighted by molar-refractivity contribution is 5.85. The molecule has 5 nitrogen and oxygen atoms in total. The van der Waals surface area contributed by atoms with E-state index in [1.165, 1.54) is 0 Å². The van der Waals surface area contributed by atoms with Crippen molar-refractivity contribution in [2.75, 3.05) is 13.6 Å². The smallest absolute Gasteiger partial charge is 0.225 e. The monoisotopic (exact) mass is 351 g/mol. The van der Waals surface area contributed by atoms with E-state index >= 15 is 0 Å². The first kappa shape index (κ1) is 18.7. The number of amides is 2. The molecule has 1 saturated carbocycles. The fourth-order valence-electron chi connectivity index (χ4n) is 3.58. The normalized spacial score (nSPS) is 24.9. The Kier molecular flexibility index (Phi) is 6.24. The Bertz CT molecular complexity index is 577. The number of carbonyl (C=O) groups excluding carboxylic acids is 2. The molecule has 132 valence electrons. The summed E-state index contributed by atoms with van der Waals surface area (Å²) in [5.41, 5.74) is 6.82. The summed E-state index contributed by atoms with van der Waals surface area (Å²) in [5, 5.41) is 3.13. The maximum Gasteiger partial charge on any atom is 0.225 e. The maximum absolute atomic E-state index is 12.8. The Balaban J connectivity index is 0.00000208. The van der Waals surface area contributed by atoms with E-state index in [0.29, 0.717) is 25.3 Å². The average Bonchev–Trinajstić information content (AvgIpc) is 3.40. The lowest BCUT2D eigenvalue weighted by molar-refractivity contribution is -0.141. The van der Waals surface area contributed by atoms with E-state index in [1.54, 1.807) is 11.9 Å². The van der Waals surface area contributed by atoms with Gasteiger partial charge in [0.1, 0.15) is 0 Å². The van der Waals surface area contributed by atoms with Gasteiger partial charge in [-0.05, 0) is 30.7 Å². The molecule has 3 rings (SSSR count). The summed E-state index contributed by atoms with van der Waals surface area (Å²) in [5.74, 6) is 0.441. The Hall–Kier alpha value is -1.59. The molecular weight excluding hydrogens is 326 g/mol. The summed E-state index contributed by atoms with van der Waals surface area (Å²) in [7, 11) is 1.79. The molecule has 24 heavy (non-hydrogen) atoms. The Morgan fingerprint density at radius 1 is 1.29 bits per heavy atom. The van der Waals surface area contributed by atoms with Crippen molar-refractivity contribution in [3.63, 3.8) is 0 Å². The lowest BCUT2D eigenvalue weighted by Crippen LogP contribution is -2.50. The van der Waals surface area contributed by atoms with Gasteiger partial charge in [0, 0.05) is 26.1 Å². The molecule has 2 amide bonds. The molecule has 1 aliphatic heterocycles. The zero-order valence-corrected chi connectivity index (χ0v) is 14.8. The van der Waals surface area contributed by atoms with E-state index in [4.69, 9.17) is 5.73 Å². The van der Waals surface area contributed by atoms with Gasteiger partial charge in [0.2, 0.25) is 11.8 Å². The fourth-order valence-corrected chi connectivity index (χ4v) is 3.58. The summed E-state index contributed by atoms with van der Waals surface area (Å²) in [6.07, 6.45) is 3.31. The SMILES string of the molecule is CN1C(=O)CCC(C(=O)NC(CN)C2CC2)C1c1ccccc1.Cl.